The summed E-state index contributed by atoms with van der Waals surface area (Å²) in [6, 6.07) is 11.2. The Morgan fingerprint density at radius 1 is 1.11 bits per heavy atom. The summed E-state index contributed by atoms with van der Waals surface area (Å²) in [7, 11) is 0. The molecule has 0 radical (unpaired) electrons. The third kappa shape index (κ3) is 5.88. The number of carbonyl (C=O) groups excluding carboxylic acids is 1. The number of nitrogens with zero attached hydrogens (tertiary/aromatic N) is 6. The Morgan fingerprint density at radius 3 is 2.47 bits per heavy atom. The van der Waals surface area contributed by atoms with E-state index in [2.05, 4.69) is 25.6 Å². The van der Waals surface area contributed by atoms with Crippen molar-refractivity contribution in [3.05, 3.63) is 88.5 Å². The third-order valence-electron chi connectivity index (χ3n) is 5.92. The van der Waals surface area contributed by atoms with Crippen molar-refractivity contribution < 1.29 is 27.9 Å². The van der Waals surface area contributed by atoms with Gasteiger partial charge in [-0.1, -0.05) is 48.8 Å². The molecule has 0 saturated heterocycles. The average Bonchev–Trinajstić information content (AvgIpc) is 3.56. The quantitative estimate of drug-likeness (QED) is 0.314. The number of halogens is 3. The first kappa shape index (κ1) is 26.5. The number of carboxylic acid groups (broad SMARTS) is 1. The standard InChI is InChI=1S/C25H24F3N7O3/c1-2-3-8-21-29-13-20(34(21)14-16-9-11-17(12-10-16)23(37)38)22(36)35(24-30-32-33-31-24)15-18-6-4-5-7-19(18)25(26,27)28/h4-7,9-13H,2-3,8,14-15H2,1H3,(H,37,38)(H,30,31,32,33). The smallest absolute Gasteiger partial charge is 0.416 e. The number of alkyl halides is 3. The van der Waals surface area contributed by atoms with Gasteiger partial charge in [0, 0.05) is 13.0 Å². The fourth-order valence-electron chi connectivity index (χ4n) is 3.98. The van der Waals surface area contributed by atoms with Crippen LogP contribution in [0.15, 0.2) is 54.7 Å². The Labute approximate surface area is 215 Å². The lowest BCUT2D eigenvalue weighted by Crippen LogP contribution is -2.34. The zero-order chi connectivity index (χ0) is 27.3. The summed E-state index contributed by atoms with van der Waals surface area (Å²) in [5, 5.41) is 22.6. The zero-order valence-electron chi connectivity index (χ0n) is 20.3. The van der Waals surface area contributed by atoms with Crippen molar-refractivity contribution >= 4 is 17.8 Å². The molecule has 2 aromatic carbocycles. The first-order chi connectivity index (χ1) is 18.2. The molecule has 13 heteroatoms. The Morgan fingerprint density at radius 2 is 1.84 bits per heavy atom. The Hall–Kier alpha value is -4.55. The number of anilines is 1. The molecule has 38 heavy (non-hydrogen) atoms. The van der Waals surface area contributed by atoms with Gasteiger partial charge in [0.2, 0.25) is 0 Å². The van der Waals surface area contributed by atoms with Gasteiger partial charge in [-0.15, -0.1) is 5.10 Å². The largest absolute Gasteiger partial charge is 0.478 e. The van der Waals surface area contributed by atoms with Gasteiger partial charge >= 0.3 is 12.1 Å². The molecule has 198 valence electrons. The molecule has 0 fully saturated rings. The topological polar surface area (TPSA) is 130 Å². The van der Waals surface area contributed by atoms with Crippen LogP contribution < -0.4 is 4.90 Å². The first-order valence-corrected chi connectivity index (χ1v) is 11.8. The molecular weight excluding hydrogens is 503 g/mol. The number of hydrogen-bond acceptors (Lipinski definition) is 6. The van der Waals surface area contributed by atoms with Gasteiger partial charge in [-0.25, -0.2) is 9.78 Å². The van der Waals surface area contributed by atoms with E-state index in [0.29, 0.717) is 17.8 Å². The number of aryl methyl sites for hydroxylation is 1. The summed E-state index contributed by atoms with van der Waals surface area (Å²) >= 11 is 0. The molecule has 0 atom stereocenters. The van der Waals surface area contributed by atoms with Crippen LogP contribution in [0.2, 0.25) is 0 Å². The second kappa shape index (κ2) is 11.2. The number of tetrazole rings is 1. The lowest BCUT2D eigenvalue weighted by Gasteiger charge is -2.22. The van der Waals surface area contributed by atoms with E-state index in [1.807, 2.05) is 6.92 Å². The van der Waals surface area contributed by atoms with Crippen molar-refractivity contribution in [2.45, 2.75) is 45.5 Å². The lowest BCUT2D eigenvalue weighted by atomic mass is 10.1. The molecule has 0 saturated carbocycles. The molecule has 2 N–H and O–H groups in total. The molecule has 4 rings (SSSR count). The van der Waals surface area contributed by atoms with E-state index in [1.165, 1.54) is 36.5 Å². The molecule has 4 aromatic rings. The summed E-state index contributed by atoms with van der Waals surface area (Å²) in [6.45, 7) is 1.75. The Bertz CT molecular complexity index is 1400. The molecule has 0 unspecified atom stereocenters. The van der Waals surface area contributed by atoms with Crippen molar-refractivity contribution in [3.8, 4) is 0 Å². The van der Waals surface area contributed by atoms with Gasteiger partial charge in [0.25, 0.3) is 11.9 Å². The van der Waals surface area contributed by atoms with Crippen molar-refractivity contribution in [1.29, 1.82) is 0 Å². The minimum atomic E-state index is -4.63. The van der Waals surface area contributed by atoms with Crippen molar-refractivity contribution in [2.24, 2.45) is 0 Å². The summed E-state index contributed by atoms with van der Waals surface area (Å²) < 4.78 is 42.7. The van der Waals surface area contributed by atoms with Gasteiger partial charge in [-0.05, 0) is 41.0 Å². The normalized spacial score (nSPS) is 11.5. The van der Waals surface area contributed by atoms with Crippen LogP contribution in [-0.4, -0.2) is 47.2 Å². The van der Waals surface area contributed by atoms with Crippen molar-refractivity contribution in [1.82, 2.24) is 30.2 Å². The van der Waals surface area contributed by atoms with Crippen molar-refractivity contribution in [2.75, 3.05) is 4.90 Å². The predicted octanol–water partition coefficient (Wildman–Crippen LogP) is 4.35. The van der Waals surface area contributed by atoms with E-state index in [1.54, 1.807) is 16.7 Å². The van der Waals surface area contributed by atoms with Crippen LogP contribution in [0.1, 0.15) is 63.1 Å². The van der Waals surface area contributed by atoms with E-state index in [4.69, 9.17) is 0 Å². The van der Waals surface area contributed by atoms with E-state index >= 15 is 0 Å². The molecular formula is C25H24F3N7O3. The minimum absolute atomic E-state index is 0.118. The van der Waals surface area contributed by atoms with Gasteiger partial charge in [0.1, 0.15) is 11.5 Å². The number of hydrogen-bond donors (Lipinski definition) is 2. The number of amides is 1. The Kier molecular flexibility index (Phi) is 7.84. The number of imidazole rings is 1. The van der Waals surface area contributed by atoms with E-state index in [0.717, 1.165) is 23.8 Å². The van der Waals surface area contributed by atoms with Crippen LogP contribution in [0.4, 0.5) is 19.1 Å². The maximum absolute atomic E-state index is 13.8. The molecule has 0 aliphatic heterocycles. The molecule has 2 heterocycles. The highest BCUT2D eigenvalue weighted by molar-refractivity contribution is 6.03. The van der Waals surface area contributed by atoms with Gasteiger partial charge in [0.15, 0.2) is 0 Å². The summed E-state index contributed by atoms with van der Waals surface area (Å²) in [4.78, 5) is 30.5. The monoisotopic (exact) mass is 527 g/mol. The summed E-state index contributed by atoms with van der Waals surface area (Å²) in [5.74, 6) is -1.31. The van der Waals surface area contributed by atoms with Crippen LogP contribution in [0.3, 0.4) is 0 Å². The number of carboxylic acids is 1. The summed E-state index contributed by atoms with van der Waals surface area (Å²) in [6.07, 6.45) is -1.000. The maximum atomic E-state index is 13.8. The van der Waals surface area contributed by atoms with Crippen LogP contribution in [0.5, 0.6) is 0 Å². The number of H-pyrrole nitrogens is 1. The molecule has 1 amide bonds. The molecule has 0 bridgehead atoms. The highest BCUT2D eigenvalue weighted by atomic mass is 19.4. The van der Waals surface area contributed by atoms with Crippen LogP contribution >= 0.6 is 0 Å². The highest BCUT2D eigenvalue weighted by Gasteiger charge is 2.35. The minimum Gasteiger partial charge on any atom is -0.478 e. The first-order valence-electron chi connectivity index (χ1n) is 11.8. The molecule has 2 aromatic heterocycles. The third-order valence-corrected chi connectivity index (χ3v) is 5.92. The second-order valence-electron chi connectivity index (χ2n) is 8.51. The van der Waals surface area contributed by atoms with Crippen LogP contribution in [0, 0.1) is 0 Å². The van der Waals surface area contributed by atoms with Gasteiger partial charge in [-0.3, -0.25) is 9.69 Å². The average molecular weight is 528 g/mol. The molecule has 0 aliphatic carbocycles. The van der Waals surface area contributed by atoms with Gasteiger partial charge in [0.05, 0.1) is 23.9 Å². The highest BCUT2D eigenvalue weighted by Crippen LogP contribution is 2.33. The number of carbonyl (C=O) groups is 2. The van der Waals surface area contributed by atoms with Crippen molar-refractivity contribution in [3.63, 3.8) is 0 Å². The number of aromatic carboxylic acids is 1. The fourth-order valence-corrected chi connectivity index (χ4v) is 3.98. The zero-order valence-corrected chi connectivity index (χ0v) is 20.3. The predicted molar refractivity (Wildman–Crippen MR) is 129 cm³/mol. The Balaban J connectivity index is 1.73. The molecule has 10 nitrogen and oxygen atoms in total. The molecule has 0 aliphatic rings. The maximum Gasteiger partial charge on any atom is 0.416 e. The van der Waals surface area contributed by atoms with Crippen LogP contribution in [0.25, 0.3) is 0 Å². The number of unbranched alkanes of at least 4 members (excludes halogenated alkanes) is 1. The van der Waals surface area contributed by atoms with E-state index in [9.17, 15) is 27.9 Å². The number of benzene rings is 2. The number of aromatic nitrogens is 6. The molecule has 0 spiro atoms. The van der Waals surface area contributed by atoms with Crippen LogP contribution in [-0.2, 0) is 25.7 Å². The van der Waals surface area contributed by atoms with E-state index < -0.39 is 30.2 Å². The summed E-state index contributed by atoms with van der Waals surface area (Å²) in [5.41, 5.74) is -0.0637. The number of rotatable bonds is 10. The van der Waals surface area contributed by atoms with Gasteiger partial charge in [-0.2, -0.15) is 18.4 Å². The second-order valence-corrected chi connectivity index (χ2v) is 8.51. The fraction of sp³-hybridized carbons (Fsp3) is 0.280. The number of aromatic amines is 1. The lowest BCUT2D eigenvalue weighted by molar-refractivity contribution is -0.138. The van der Waals surface area contributed by atoms with E-state index in [-0.39, 0.29) is 29.3 Å². The van der Waals surface area contributed by atoms with Gasteiger partial charge < -0.3 is 9.67 Å². The SMILES string of the molecule is CCCCc1ncc(C(=O)N(Cc2ccccc2C(F)(F)F)c2nn[nH]n2)n1Cc1ccc(C(=O)O)cc1. The number of nitrogens with one attached hydrogen (secondary N) is 1.